The van der Waals surface area contributed by atoms with Gasteiger partial charge in [-0.3, -0.25) is 4.79 Å². The minimum absolute atomic E-state index is 0.226. The molecular formula is C12H15NO2. The number of Topliss-reactive ketones (excluding diaryl/α,β-unsaturated/α-hetero) is 1. The fraction of sp³-hybridized carbons (Fsp3) is 0.417. The number of nitrogens with one attached hydrogen (secondary N) is 1. The normalized spacial score (nSPS) is 15.8. The number of methoxy groups -OCH3 is 1. The van der Waals surface area contributed by atoms with Gasteiger partial charge in [0, 0.05) is 12.0 Å². The first kappa shape index (κ1) is 10.2. The fourth-order valence-corrected chi connectivity index (χ4v) is 1.65. The quantitative estimate of drug-likeness (QED) is 0.757. The Labute approximate surface area is 89.4 Å². The van der Waals surface area contributed by atoms with Gasteiger partial charge in [0.1, 0.15) is 5.75 Å². The van der Waals surface area contributed by atoms with Crippen LogP contribution in [0.5, 0.6) is 5.75 Å². The van der Waals surface area contributed by atoms with E-state index in [2.05, 4.69) is 5.32 Å². The average molecular weight is 205 g/mol. The highest BCUT2D eigenvalue weighted by Crippen LogP contribution is 2.16. The maximum absolute atomic E-state index is 11.8. The van der Waals surface area contributed by atoms with Crippen LogP contribution in [0, 0.1) is 5.92 Å². The number of rotatable bonds is 4. The van der Waals surface area contributed by atoms with Crippen LogP contribution in [-0.4, -0.2) is 26.0 Å². The zero-order valence-electron chi connectivity index (χ0n) is 8.82. The Morgan fingerprint density at radius 2 is 2.07 bits per heavy atom. The lowest BCUT2D eigenvalue weighted by Crippen LogP contribution is -2.42. The highest BCUT2D eigenvalue weighted by molar-refractivity contribution is 5.96. The Morgan fingerprint density at radius 1 is 1.40 bits per heavy atom. The van der Waals surface area contributed by atoms with Crippen LogP contribution in [0.4, 0.5) is 0 Å². The largest absolute Gasteiger partial charge is 0.497 e. The van der Waals surface area contributed by atoms with Crippen LogP contribution in [-0.2, 0) is 0 Å². The SMILES string of the molecule is COc1ccc(C(=O)CC2CNC2)cc1. The van der Waals surface area contributed by atoms with Crippen molar-refractivity contribution in [2.45, 2.75) is 6.42 Å². The standard InChI is InChI=1S/C12H15NO2/c1-15-11-4-2-10(3-5-11)12(14)6-9-7-13-8-9/h2-5,9,13H,6-8H2,1H3. The molecular weight excluding hydrogens is 190 g/mol. The van der Waals surface area contributed by atoms with Crippen molar-refractivity contribution in [2.75, 3.05) is 20.2 Å². The summed E-state index contributed by atoms with van der Waals surface area (Å²) in [6.07, 6.45) is 0.652. The molecule has 1 saturated heterocycles. The summed E-state index contributed by atoms with van der Waals surface area (Å²) in [4.78, 5) is 11.8. The Morgan fingerprint density at radius 3 is 2.53 bits per heavy atom. The number of benzene rings is 1. The van der Waals surface area contributed by atoms with Crippen LogP contribution < -0.4 is 10.1 Å². The van der Waals surface area contributed by atoms with Crippen molar-refractivity contribution in [1.82, 2.24) is 5.32 Å². The van der Waals surface area contributed by atoms with E-state index in [0.717, 1.165) is 24.4 Å². The summed E-state index contributed by atoms with van der Waals surface area (Å²) in [5.41, 5.74) is 0.780. The molecule has 0 saturated carbocycles. The van der Waals surface area contributed by atoms with E-state index in [0.29, 0.717) is 12.3 Å². The molecule has 3 nitrogen and oxygen atoms in total. The molecule has 0 aliphatic carbocycles. The molecule has 0 radical (unpaired) electrons. The Balaban J connectivity index is 1.98. The lowest BCUT2D eigenvalue weighted by molar-refractivity contribution is 0.0945. The maximum Gasteiger partial charge on any atom is 0.163 e. The molecule has 0 bridgehead atoms. The first-order valence-electron chi connectivity index (χ1n) is 5.17. The van der Waals surface area contributed by atoms with Gasteiger partial charge in [-0.1, -0.05) is 0 Å². The van der Waals surface area contributed by atoms with Gasteiger partial charge < -0.3 is 10.1 Å². The van der Waals surface area contributed by atoms with E-state index >= 15 is 0 Å². The van der Waals surface area contributed by atoms with Crippen molar-refractivity contribution in [1.29, 1.82) is 0 Å². The summed E-state index contributed by atoms with van der Waals surface area (Å²) < 4.78 is 5.04. The van der Waals surface area contributed by atoms with E-state index in [1.807, 2.05) is 24.3 Å². The molecule has 1 aromatic rings. The molecule has 0 spiro atoms. The van der Waals surface area contributed by atoms with Crippen molar-refractivity contribution in [3.05, 3.63) is 29.8 Å². The predicted molar refractivity (Wildman–Crippen MR) is 58.3 cm³/mol. The highest BCUT2D eigenvalue weighted by Gasteiger charge is 2.20. The fourth-order valence-electron chi connectivity index (χ4n) is 1.65. The summed E-state index contributed by atoms with van der Waals surface area (Å²) in [6, 6.07) is 7.30. The van der Waals surface area contributed by atoms with Gasteiger partial charge in [-0.2, -0.15) is 0 Å². The zero-order chi connectivity index (χ0) is 10.7. The minimum atomic E-state index is 0.226. The number of carbonyl (C=O) groups excluding carboxylic acids is 1. The lowest BCUT2D eigenvalue weighted by atomic mass is 9.94. The van der Waals surface area contributed by atoms with Gasteiger partial charge in [-0.05, 0) is 43.3 Å². The van der Waals surface area contributed by atoms with Crippen molar-refractivity contribution < 1.29 is 9.53 Å². The van der Waals surface area contributed by atoms with Gasteiger partial charge >= 0.3 is 0 Å². The van der Waals surface area contributed by atoms with E-state index in [-0.39, 0.29) is 5.78 Å². The molecule has 3 heteroatoms. The first-order chi connectivity index (χ1) is 7.29. The summed E-state index contributed by atoms with van der Waals surface area (Å²) >= 11 is 0. The van der Waals surface area contributed by atoms with Gasteiger partial charge in [0.15, 0.2) is 5.78 Å². The second-order valence-electron chi connectivity index (χ2n) is 3.88. The van der Waals surface area contributed by atoms with Crippen LogP contribution in [0.1, 0.15) is 16.8 Å². The molecule has 0 amide bonds. The first-order valence-corrected chi connectivity index (χ1v) is 5.17. The van der Waals surface area contributed by atoms with Gasteiger partial charge in [-0.15, -0.1) is 0 Å². The van der Waals surface area contributed by atoms with E-state index in [1.54, 1.807) is 7.11 Å². The molecule has 0 aromatic heterocycles. The molecule has 0 atom stereocenters. The zero-order valence-corrected chi connectivity index (χ0v) is 8.82. The highest BCUT2D eigenvalue weighted by atomic mass is 16.5. The Bertz CT molecular complexity index is 341. The number of hydrogen-bond acceptors (Lipinski definition) is 3. The van der Waals surface area contributed by atoms with Crippen LogP contribution in [0.2, 0.25) is 0 Å². The summed E-state index contributed by atoms with van der Waals surface area (Å²) in [5, 5.41) is 3.16. The molecule has 2 rings (SSSR count). The van der Waals surface area contributed by atoms with Crippen LogP contribution in [0.3, 0.4) is 0 Å². The van der Waals surface area contributed by atoms with Gasteiger partial charge in [0.25, 0.3) is 0 Å². The molecule has 1 aliphatic heterocycles. The third-order valence-electron chi connectivity index (χ3n) is 2.75. The van der Waals surface area contributed by atoms with E-state index < -0.39 is 0 Å². The van der Waals surface area contributed by atoms with Crippen molar-refractivity contribution in [3.63, 3.8) is 0 Å². The smallest absolute Gasteiger partial charge is 0.163 e. The summed E-state index contributed by atoms with van der Waals surface area (Å²) in [6.45, 7) is 1.95. The monoisotopic (exact) mass is 205 g/mol. The van der Waals surface area contributed by atoms with E-state index in [9.17, 15) is 4.79 Å². The number of hydrogen-bond donors (Lipinski definition) is 1. The molecule has 1 aliphatic rings. The molecule has 1 fully saturated rings. The summed E-state index contributed by atoms with van der Waals surface area (Å²) in [5.74, 6) is 1.54. The van der Waals surface area contributed by atoms with Gasteiger partial charge in [0.2, 0.25) is 0 Å². The molecule has 15 heavy (non-hydrogen) atoms. The lowest BCUT2D eigenvalue weighted by Gasteiger charge is -2.26. The van der Waals surface area contributed by atoms with E-state index in [4.69, 9.17) is 4.74 Å². The number of ether oxygens (including phenoxy) is 1. The van der Waals surface area contributed by atoms with Crippen LogP contribution in [0.15, 0.2) is 24.3 Å². The maximum atomic E-state index is 11.8. The topological polar surface area (TPSA) is 38.3 Å². The molecule has 1 heterocycles. The molecule has 1 aromatic carbocycles. The molecule has 1 N–H and O–H groups in total. The predicted octanol–water partition coefficient (Wildman–Crippen LogP) is 1.49. The summed E-state index contributed by atoms with van der Waals surface area (Å²) in [7, 11) is 1.62. The van der Waals surface area contributed by atoms with Crippen LogP contribution >= 0.6 is 0 Å². The van der Waals surface area contributed by atoms with Crippen molar-refractivity contribution >= 4 is 5.78 Å². The van der Waals surface area contributed by atoms with Gasteiger partial charge in [-0.25, -0.2) is 0 Å². The third kappa shape index (κ3) is 2.36. The van der Waals surface area contributed by atoms with Crippen molar-refractivity contribution in [3.8, 4) is 5.75 Å². The second-order valence-corrected chi connectivity index (χ2v) is 3.88. The minimum Gasteiger partial charge on any atom is -0.497 e. The Hall–Kier alpha value is -1.35. The molecule has 80 valence electrons. The second kappa shape index (κ2) is 4.45. The molecule has 0 unspecified atom stereocenters. The third-order valence-corrected chi connectivity index (χ3v) is 2.75. The average Bonchev–Trinajstić information content (AvgIpc) is 2.23. The number of ketones is 1. The van der Waals surface area contributed by atoms with Gasteiger partial charge in [0.05, 0.1) is 7.11 Å². The number of carbonyl (C=O) groups is 1. The van der Waals surface area contributed by atoms with E-state index in [1.165, 1.54) is 0 Å². The van der Waals surface area contributed by atoms with Crippen LogP contribution in [0.25, 0.3) is 0 Å². The van der Waals surface area contributed by atoms with Crippen molar-refractivity contribution in [2.24, 2.45) is 5.92 Å². The Kier molecular flexibility index (Phi) is 3.02.